The lowest BCUT2D eigenvalue weighted by atomic mass is 9.83. The van der Waals surface area contributed by atoms with E-state index in [1.807, 2.05) is 13.8 Å². The van der Waals surface area contributed by atoms with Gasteiger partial charge in [0.05, 0.1) is 11.5 Å². The quantitative estimate of drug-likeness (QED) is 0.591. The largest absolute Gasteiger partial charge is 0.396 e. The zero-order valence-electron chi connectivity index (χ0n) is 11.8. The van der Waals surface area contributed by atoms with Crippen molar-refractivity contribution in [3.8, 4) is 0 Å². The topological polar surface area (TPSA) is 92.5 Å². The highest BCUT2D eigenvalue weighted by Gasteiger charge is 2.26. The van der Waals surface area contributed by atoms with E-state index in [2.05, 4.69) is 5.32 Å². The predicted octanol–water partition coefficient (Wildman–Crippen LogP) is 2.12. The van der Waals surface area contributed by atoms with Crippen molar-refractivity contribution in [2.75, 3.05) is 13.2 Å². The van der Waals surface area contributed by atoms with Gasteiger partial charge in [0, 0.05) is 29.7 Å². The van der Waals surface area contributed by atoms with E-state index in [-0.39, 0.29) is 29.2 Å². The van der Waals surface area contributed by atoms with Crippen molar-refractivity contribution in [2.45, 2.75) is 26.7 Å². The van der Waals surface area contributed by atoms with Gasteiger partial charge in [0.15, 0.2) is 0 Å². The van der Waals surface area contributed by atoms with Gasteiger partial charge in [-0.25, -0.2) is 0 Å². The van der Waals surface area contributed by atoms with Crippen molar-refractivity contribution >= 4 is 11.6 Å². The summed E-state index contributed by atoms with van der Waals surface area (Å²) < 4.78 is 0. The standard InChI is InChI=1S/C14H20N2O4/c1-3-14(4-2,10-17)9-15-13(18)11-6-5-7-12(8-11)16(19)20/h5-8,17H,3-4,9-10H2,1-2H3,(H,15,18). The Kier molecular flexibility index (Phi) is 5.64. The maximum absolute atomic E-state index is 12.0. The Morgan fingerprint density at radius 2 is 2.05 bits per heavy atom. The molecular formula is C14H20N2O4. The fourth-order valence-corrected chi connectivity index (χ4v) is 1.91. The number of benzene rings is 1. The number of hydrogen-bond acceptors (Lipinski definition) is 4. The number of nitro groups is 1. The summed E-state index contributed by atoms with van der Waals surface area (Å²) in [5.74, 6) is -0.367. The molecule has 110 valence electrons. The van der Waals surface area contributed by atoms with Crippen LogP contribution in [0.15, 0.2) is 24.3 Å². The highest BCUT2D eigenvalue weighted by atomic mass is 16.6. The van der Waals surface area contributed by atoms with E-state index in [1.54, 1.807) is 0 Å². The summed E-state index contributed by atoms with van der Waals surface area (Å²) in [6.45, 7) is 4.26. The molecule has 6 heteroatoms. The summed E-state index contributed by atoms with van der Waals surface area (Å²) in [5, 5.41) is 22.8. The van der Waals surface area contributed by atoms with Gasteiger partial charge in [0.2, 0.25) is 0 Å². The molecule has 0 aliphatic rings. The number of carbonyl (C=O) groups is 1. The van der Waals surface area contributed by atoms with Gasteiger partial charge in [-0.3, -0.25) is 14.9 Å². The summed E-state index contributed by atoms with van der Waals surface area (Å²) in [6.07, 6.45) is 1.49. The first-order valence-electron chi connectivity index (χ1n) is 6.61. The third-order valence-electron chi connectivity index (χ3n) is 3.78. The number of aliphatic hydroxyl groups is 1. The number of amides is 1. The van der Waals surface area contributed by atoms with Crippen molar-refractivity contribution in [3.63, 3.8) is 0 Å². The molecule has 0 radical (unpaired) electrons. The molecule has 6 nitrogen and oxygen atoms in total. The van der Waals surface area contributed by atoms with Gasteiger partial charge >= 0.3 is 0 Å². The number of nitro benzene ring substituents is 1. The molecule has 0 aromatic heterocycles. The number of aliphatic hydroxyl groups excluding tert-OH is 1. The van der Waals surface area contributed by atoms with Crippen LogP contribution >= 0.6 is 0 Å². The Morgan fingerprint density at radius 1 is 1.40 bits per heavy atom. The summed E-state index contributed by atoms with van der Waals surface area (Å²) in [7, 11) is 0. The molecule has 1 aromatic carbocycles. The summed E-state index contributed by atoms with van der Waals surface area (Å²) in [4.78, 5) is 22.1. The van der Waals surface area contributed by atoms with Crippen LogP contribution in [0.4, 0.5) is 5.69 Å². The van der Waals surface area contributed by atoms with Crippen molar-refractivity contribution in [1.29, 1.82) is 0 Å². The number of nitrogens with zero attached hydrogens (tertiary/aromatic N) is 1. The van der Waals surface area contributed by atoms with Crippen LogP contribution in [0.2, 0.25) is 0 Å². The number of rotatable bonds is 7. The molecule has 1 amide bonds. The molecule has 0 unspecified atom stereocenters. The molecule has 0 fully saturated rings. The molecule has 0 bridgehead atoms. The van der Waals surface area contributed by atoms with E-state index in [0.29, 0.717) is 6.54 Å². The van der Waals surface area contributed by atoms with E-state index in [0.717, 1.165) is 12.8 Å². The van der Waals surface area contributed by atoms with E-state index in [9.17, 15) is 20.0 Å². The highest BCUT2D eigenvalue weighted by Crippen LogP contribution is 2.24. The zero-order chi connectivity index (χ0) is 15.2. The van der Waals surface area contributed by atoms with Crippen molar-refractivity contribution in [2.24, 2.45) is 5.41 Å². The number of nitrogens with one attached hydrogen (secondary N) is 1. The SMILES string of the molecule is CCC(CC)(CO)CNC(=O)c1cccc([N+](=O)[O-])c1. The molecule has 0 aliphatic carbocycles. The molecule has 2 N–H and O–H groups in total. The van der Waals surface area contributed by atoms with Crippen molar-refractivity contribution in [3.05, 3.63) is 39.9 Å². The van der Waals surface area contributed by atoms with Crippen LogP contribution in [-0.4, -0.2) is 29.1 Å². The minimum Gasteiger partial charge on any atom is -0.396 e. The van der Waals surface area contributed by atoms with E-state index >= 15 is 0 Å². The molecule has 1 aromatic rings. The van der Waals surface area contributed by atoms with Gasteiger partial charge in [-0.05, 0) is 18.9 Å². The Morgan fingerprint density at radius 3 is 2.55 bits per heavy atom. The maximum Gasteiger partial charge on any atom is 0.270 e. The third-order valence-corrected chi connectivity index (χ3v) is 3.78. The van der Waals surface area contributed by atoms with Crippen LogP contribution in [0.1, 0.15) is 37.0 Å². The van der Waals surface area contributed by atoms with Gasteiger partial charge in [-0.15, -0.1) is 0 Å². The molecule has 0 saturated carbocycles. The second kappa shape index (κ2) is 7.00. The smallest absolute Gasteiger partial charge is 0.270 e. The van der Waals surface area contributed by atoms with Crippen LogP contribution in [-0.2, 0) is 0 Å². The number of carbonyl (C=O) groups excluding carboxylic acids is 1. The lowest BCUT2D eigenvalue weighted by Gasteiger charge is -2.29. The Balaban J connectivity index is 2.76. The summed E-state index contributed by atoms with van der Waals surface area (Å²) in [6, 6.07) is 5.59. The lowest BCUT2D eigenvalue weighted by Crippen LogP contribution is -2.39. The van der Waals surface area contributed by atoms with E-state index in [4.69, 9.17) is 0 Å². The molecule has 0 aliphatic heterocycles. The molecule has 0 atom stereocenters. The predicted molar refractivity (Wildman–Crippen MR) is 75.5 cm³/mol. The Hall–Kier alpha value is -1.95. The molecule has 1 rings (SSSR count). The maximum atomic E-state index is 12.0. The van der Waals surface area contributed by atoms with Gasteiger partial charge in [-0.1, -0.05) is 19.9 Å². The summed E-state index contributed by atoms with van der Waals surface area (Å²) >= 11 is 0. The first-order chi connectivity index (χ1) is 9.48. The minimum absolute atomic E-state index is 0.00474. The average molecular weight is 280 g/mol. The van der Waals surface area contributed by atoms with Crippen LogP contribution < -0.4 is 5.32 Å². The fourth-order valence-electron chi connectivity index (χ4n) is 1.91. The highest BCUT2D eigenvalue weighted by molar-refractivity contribution is 5.94. The Bertz CT molecular complexity index is 476. The van der Waals surface area contributed by atoms with Gasteiger partial charge in [0.25, 0.3) is 11.6 Å². The van der Waals surface area contributed by atoms with Crippen molar-refractivity contribution < 1.29 is 14.8 Å². The van der Waals surface area contributed by atoms with Gasteiger partial charge in [-0.2, -0.15) is 0 Å². The molecule has 0 saturated heterocycles. The van der Waals surface area contributed by atoms with Crippen LogP contribution in [0.5, 0.6) is 0 Å². The monoisotopic (exact) mass is 280 g/mol. The van der Waals surface area contributed by atoms with Crippen LogP contribution in [0.25, 0.3) is 0 Å². The normalized spacial score (nSPS) is 11.2. The first-order valence-corrected chi connectivity index (χ1v) is 6.61. The average Bonchev–Trinajstić information content (AvgIpc) is 2.49. The first kappa shape index (κ1) is 16.1. The third kappa shape index (κ3) is 3.77. The molecule has 0 spiro atoms. The van der Waals surface area contributed by atoms with Gasteiger partial charge in [0.1, 0.15) is 0 Å². The second-order valence-electron chi connectivity index (χ2n) is 4.86. The van der Waals surface area contributed by atoms with Crippen LogP contribution in [0, 0.1) is 15.5 Å². The zero-order valence-corrected chi connectivity index (χ0v) is 11.8. The van der Waals surface area contributed by atoms with E-state index < -0.39 is 4.92 Å². The van der Waals surface area contributed by atoms with Gasteiger partial charge < -0.3 is 10.4 Å². The summed E-state index contributed by atoms with van der Waals surface area (Å²) in [5.41, 5.74) is -0.202. The van der Waals surface area contributed by atoms with E-state index in [1.165, 1.54) is 24.3 Å². The molecule has 20 heavy (non-hydrogen) atoms. The number of hydrogen-bond donors (Lipinski definition) is 2. The molecular weight excluding hydrogens is 260 g/mol. The number of non-ortho nitro benzene ring substituents is 1. The Labute approximate surface area is 118 Å². The van der Waals surface area contributed by atoms with Crippen LogP contribution in [0.3, 0.4) is 0 Å². The fraction of sp³-hybridized carbons (Fsp3) is 0.500. The molecule has 0 heterocycles. The minimum atomic E-state index is -0.535. The second-order valence-corrected chi connectivity index (χ2v) is 4.86. The lowest BCUT2D eigenvalue weighted by molar-refractivity contribution is -0.384. The van der Waals surface area contributed by atoms with Crippen molar-refractivity contribution in [1.82, 2.24) is 5.32 Å².